The molecule has 0 aliphatic heterocycles. The lowest BCUT2D eigenvalue weighted by Crippen LogP contribution is -2.32. The van der Waals surface area contributed by atoms with Crippen molar-refractivity contribution in [3.8, 4) is 5.75 Å². The molecule has 128 valence electrons. The quantitative estimate of drug-likeness (QED) is 0.878. The van der Waals surface area contributed by atoms with Crippen molar-refractivity contribution < 1.29 is 14.1 Å². The van der Waals surface area contributed by atoms with Crippen molar-refractivity contribution in [1.29, 1.82) is 0 Å². The molecule has 0 unspecified atom stereocenters. The van der Waals surface area contributed by atoms with Crippen molar-refractivity contribution in [1.82, 2.24) is 15.5 Å². The maximum Gasteiger partial charge on any atom is 0.264 e. The average Bonchev–Trinajstić information content (AvgIpc) is 3.25. The van der Waals surface area contributed by atoms with Gasteiger partial charge in [0.05, 0.1) is 0 Å². The first kappa shape index (κ1) is 16.5. The minimum absolute atomic E-state index is 0.0214. The highest BCUT2D eigenvalue weighted by atomic mass is 16.5. The van der Waals surface area contributed by atoms with Crippen molar-refractivity contribution in [2.24, 2.45) is 0 Å². The van der Waals surface area contributed by atoms with E-state index >= 15 is 0 Å². The van der Waals surface area contributed by atoms with Gasteiger partial charge >= 0.3 is 0 Å². The summed E-state index contributed by atoms with van der Waals surface area (Å²) in [6.45, 7) is 4.23. The molecule has 0 atom stereocenters. The number of aromatic nitrogens is 2. The highest BCUT2D eigenvalue weighted by molar-refractivity contribution is 5.94. The Labute approximate surface area is 141 Å². The lowest BCUT2D eigenvalue weighted by atomic mass is 10.1. The zero-order valence-electron chi connectivity index (χ0n) is 14.1. The van der Waals surface area contributed by atoms with Gasteiger partial charge in [0.2, 0.25) is 0 Å². The van der Waals surface area contributed by atoms with Crippen LogP contribution in [-0.2, 0) is 6.61 Å². The minimum atomic E-state index is -0.0214. The van der Waals surface area contributed by atoms with Crippen molar-refractivity contribution in [3.05, 3.63) is 41.5 Å². The van der Waals surface area contributed by atoms with E-state index < -0.39 is 0 Å². The van der Waals surface area contributed by atoms with Crippen molar-refractivity contribution >= 4 is 5.91 Å². The Kier molecular flexibility index (Phi) is 5.13. The van der Waals surface area contributed by atoms with Crippen LogP contribution in [0.4, 0.5) is 0 Å². The Bertz CT molecular complexity index is 673. The molecular weight excluding hydrogens is 306 g/mol. The van der Waals surface area contributed by atoms with Gasteiger partial charge < -0.3 is 14.6 Å². The fourth-order valence-corrected chi connectivity index (χ4v) is 2.75. The summed E-state index contributed by atoms with van der Waals surface area (Å²) >= 11 is 0. The van der Waals surface area contributed by atoms with Crippen LogP contribution >= 0.6 is 0 Å². The summed E-state index contributed by atoms with van der Waals surface area (Å²) < 4.78 is 10.8. The van der Waals surface area contributed by atoms with Gasteiger partial charge in [0, 0.05) is 17.5 Å². The molecule has 6 heteroatoms. The summed E-state index contributed by atoms with van der Waals surface area (Å²) in [6.07, 6.45) is 4.56. The van der Waals surface area contributed by atoms with Crippen molar-refractivity contribution in [2.45, 2.75) is 58.1 Å². The molecule has 0 radical (unpaired) electrons. The van der Waals surface area contributed by atoms with Crippen LogP contribution in [0.1, 0.15) is 67.5 Å². The molecule has 3 rings (SSSR count). The zero-order valence-corrected chi connectivity index (χ0v) is 14.1. The number of carbonyl (C=O) groups is 1. The van der Waals surface area contributed by atoms with E-state index in [2.05, 4.69) is 15.5 Å². The number of carbonyl (C=O) groups excluding carboxylic acids is 1. The second-order valence-electron chi connectivity index (χ2n) is 6.47. The second-order valence-corrected chi connectivity index (χ2v) is 6.47. The molecule has 1 aliphatic carbocycles. The molecule has 0 spiro atoms. The number of nitrogens with zero attached hydrogens (tertiary/aromatic N) is 2. The molecule has 0 saturated heterocycles. The SMILES string of the molecule is CC(C)c1noc(COc2ccc(C(=O)NC3CCCC3)cc2)n1. The molecule has 1 aromatic heterocycles. The molecule has 1 N–H and O–H groups in total. The smallest absolute Gasteiger partial charge is 0.264 e. The van der Waals surface area contributed by atoms with E-state index in [1.807, 2.05) is 13.8 Å². The number of ether oxygens (including phenoxy) is 1. The fourth-order valence-electron chi connectivity index (χ4n) is 2.75. The number of hydrogen-bond donors (Lipinski definition) is 1. The van der Waals surface area contributed by atoms with Crippen LogP contribution in [-0.4, -0.2) is 22.1 Å². The van der Waals surface area contributed by atoms with Crippen LogP contribution in [0.15, 0.2) is 28.8 Å². The van der Waals surface area contributed by atoms with Crippen molar-refractivity contribution in [2.75, 3.05) is 0 Å². The Morgan fingerprint density at radius 3 is 2.62 bits per heavy atom. The standard InChI is InChI=1S/C18H23N3O3/c1-12(2)17-20-16(24-21-17)11-23-15-9-7-13(8-10-15)18(22)19-14-5-3-4-6-14/h7-10,12,14H,3-6,11H2,1-2H3,(H,19,22). The van der Waals surface area contributed by atoms with Gasteiger partial charge in [0.1, 0.15) is 5.75 Å². The van der Waals surface area contributed by atoms with E-state index in [9.17, 15) is 4.79 Å². The zero-order chi connectivity index (χ0) is 16.9. The summed E-state index contributed by atoms with van der Waals surface area (Å²) in [4.78, 5) is 16.4. The first-order valence-electron chi connectivity index (χ1n) is 8.48. The third kappa shape index (κ3) is 4.13. The Morgan fingerprint density at radius 2 is 2.00 bits per heavy atom. The maximum absolute atomic E-state index is 12.2. The van der Waals surface area contributed by atoms with Crippen LogP contribution in [0, 0.1) is 0 Å². The lowest BCUT2D eigenvalue weighted by molar-refractivity contribution is 0.0938. The minimum Gasteiger partial charge on any atom is -0.484 e. The van der Waals surface area contributed by atoms with E-state index in [1.165, 1.54) is 12.8 Å². The Morgan fingerprint density at radius 1 is 1.29 bits per heavy atom. The molecule has 1 fully saturated rings. The van der Waals surface area contributed by atoms with E-state index in [4.69, 9.17) is 9.26 Å². The molecule has 2 aromatic rings. The number of amides is 1. The predicted molar refractivity (Wildman–Crippen MR) is 88.9 cm³/mol. The summed E-state index contributed by atoms with van der Waals surface area (Å²) in [5.74, 6) is 1.98. The first-order valence-corrected chi connectivity index (χ1v) is 8.48. The number of benzene rings is 1. The molecule has 1 aliphatic rings. The number of nitrogens with one attached hydrogen (secondary N) is 1. The predicted octanol–water partition coefficient (Wildman–Crippen LogP) is 3.44. The monoisotopic (exact) mass is 329 g/mol. The lowest BCUT2D eigenvalue weighted by Gasteiger charge is -2.12. The van der Waals surface area contributed by atoms with Crippen LogP contribution in [0.3, 0.4) is 0 Å². The molecule has 1 heterocycles. The third-order valence-corrected chi connectivity index (χ3v) is 4.17. The van der Waals surface area contributed by atoms with Gasteiger partial charge in [-0.1, -0.05) is 31.8 Å². The molecule has 1 aromatic carbocycles. The highest BCUT2D eigenvalue weighted by Gasteiger charge is 2.18. The Hall–Kier alpha value is -2.37. The molecular formula is C18H23N3O3. The van der Waals surface area contributed by atoms with Crippen LogP contribution in [0.5, 0.6) is 5.75 Å². The molecule has 1 saturated carbocycles. The summed E-state index contributed by atoms with van der Waals surface area (Å²) in [7, 11) is 0. The van der Waals surface area contributed by atoms with E-state index in [0.717, 1.165) is 12.8 Å². The summed E-state index contributed by atoms with van der Waals surface area (Å²) in [5.41, 5.74) is 0.647. The summed E-state index contributed by atoms with van der Waals surface area (Å²) in [5, 5.41) is 6.97. The van der Waals surface area contributed by atoms with Gasteiger partial charge in [-0.2, -0.15) is 4.98 Å². The topological polar surface area (TPSA) is 77.2 Å². The first-order chi connectivity index (χ1) is 11.6. The van der Waals surface area contributed by atoms with Crippen LogP contribution in [0.25, 0.3) is 0 Å². The fraction of sp³-hybridized carbons (Fsp3) is 0.500. The Balaban J connectivity index is 1.52. The highest BCUT2D eigenvalue weighted by Crippen LogP contribution is 2.19. The van der Waals surface area contributed by atoms with Gasteiger partial charge in [-0.15, -0.1) is 0 Å². The van der Waals surface area contributed by atoms with Gasteiger partial charge in [-0.05, 0) is 37.1 Å². The molecule has 24 heavy (non-hydrogen) atoms. The van der Waals surface area contributed by atoms with Gasteiger partial charge in [-0.3, -0.25) is 4.79 Å². The normalized spacial score (nSPS) is 15.0. The van der Waals surface area contributed by atoms with Gasteiger partial charge in [0.15, 0.2) is 12.4 Å². The largest absolute Gasteiger partial charge is 0.484 e. The molecule has 6 nitrogen and oxygen atoms in total. The van der Waals surface area contributed by atoms with E-state index in [0.29, 0.717) is 29.1 Å². The third-order valence-electron chi connectivity index (χ3n) is 4.17. The van der Waals surface area contributed by atoms with Gasteiger partial charge in [0.25, 0.3) is 11.8 Å². The summed E-state index contributed by atoms with van der Waals surface area (Å²) in [6, 6.07) is 7.42. The van der Waals surface area contributed by atoms with E-state index in [-0.39, 0.29) is 18.4 Å². The molecule has 1 amide bonds. The van der Waals surface area contributed by atoms with Crippen LogP contribution in [0.2, 0.25) is 0 Å². The average molecular weight is 329 g/mol. The van der Waals surface area contributed by atoms with E-state index in [1.54, 1.807) is 24.3 Å². The van der Waals surface area contributed by atoms with Gasteiger partial charge in [-0.25, -0.2) is 0 Å². The number of hydrogen-bond acceptors (Lipinski definition) is 5. The molecule has 0 bridgehead atoms. The second kappa shape index (κ2) is 7.47. The van der Waals surface area contributed by atoms with Crippen molar-refractivity contribution in [3.63, 3.8) is 0 Å². The maximum atomic E-state index is 12.2. The number of rotatable bonds is 6. The van der Waals surface area contributed by atoms with Crippen LogP contribution < -0.4 is 10.1 Å².